The number of halogens is 1. The van der Waals surface area contributed by atoms with Gasteiger partial charge in [0.2, 0.25) is 0 Å². The van der Waals surface area contributed by atoms with Crippen molar-refractivity contribution in [3.8, 4) is 0 Å². The standard InChI is InChI=1S/C6H14N2.ClH/c1-7-4-2-6-3-5-8-6;/h6-8H,2-5H2,1H3;1H. The van der Waals surface area contributed by atoms with Gasteiger partial charge >= 0.3 is 0 Å². The predicted molar refractivity (Wildman–Crippen MR) is 42.2 cm³/mol. The number of hydrogen-bond acceptors (Lipinski definition) is 2. The number of rotatable bonds is 3. The average Bonchev–Trinajstić information content (AvgIpc) is 1.63. The molecule has 3 heteroatoms. The summed E-state index contributed by atoms with van der Waals surface area (Å²) in [4.78, 5) is 0. The van der Waals surface area contributed by atoms with Crippen molar-refractivity contribution < 1.29 is 0 Å². The van der Waals surface area contributed by atoms with Crippen molar-refractivity contribution in [2.24, 2.45) is 0 Å². The molecule has 1 aliphatic rings. The Bertz CT molecular complexity index is 64.1. The molecule has 0 aliphatic carbocycles. The summed E-state index contributed by atoms with van der Waals surface area (Å²) < 4.78 is 0. The molecule has 1 aliphatic heterocycles. The summed E-state index contributed by atoms with van der Waals surface area (Å²) in [5.74, 6) is 0. The van der Waals surface area contributed by atoms with Gasteiger partial charge in [0.15, 0.2) is 0 Å². The summed E-state index contributed by atoms with van der Waals surface area (Å²) in [6.07, 6.45) is 2.66. The van der Waals surface area contributed by atoms with Gasteiger partial charge < -0.3 is 10.6 Å². The molecule has 1 fully saturated rings. The molecule has 1 unspecified atom stereocenters. The molecule has 0 aromatic rings. The maximum absolute atomic E-state index is 3.34. The van der Waals surface area contributed by atoms with Gasteiger partial charge in [0, 0.05) is 6.04 Å². The summed E-state index contributed by atoms with van der Waals surface area (Å²) in [5, 5.41) is 6.47. The van der Waals surface area contributed by atoms with Crippen LogP contribution in [0.3, 0.4) is 0 Å². The Morgan fingerprint density at radius 3 is 2.67 bits per heavy atom. The molecular weight excluding hydrogens is 136 g/mol. The highest BCUT2D eigenvalue weighted by Crippen LogP contribution is 2.04. The number of hydrogen-bond donors (Lipinski definition) is 2. The van der Waals surface area contributed by atoms with Crippen molar-refractivity contribution >= 4 is 12.4 Å². The van der Waals surface area contributed by atoms with Gasteiger partial charge in [-0.2, -0.15) is 0 Å². The van der Waals surface area contributed by atoms with Crippen molar-refractivity contribution in [3.63, 3.8) is 0 Å². The molecule has 0 amide bonds. The smallest absolute Gasteiger partial charge is 0.00912 e. The summed E-state index contributed by atoms with van der Waals surface area (Å²) in [6.45, 7) is 2.38. The van der Waals surface area contributed by atoms with E-state index < -0.39 is 0 Å². The van der Waals surface area contributed by atoms with Crippen molar-refractivity contribution in [3.05, 3.63) is 0 Å². The van der Waals surface area contributed by atoms with Crippen molar-refractivity contribution in [1.29, 1.82) is 0 Å². The fourth-order valence-electron chi connectivity index (χ4n) is 0.913. The van der Waals surface area contributed by atoms with Crippen molar-refractivity contribution in [2.75, 3.05) is 20.1 Å². The van der Waals surface area contributed by atoms with Gasteiger partial charge in [-0.25, -0.2) is 0 Å². The lowest BCUT2D eigenvalue weighted by atomic mass is 10.0. The summed E-state index contributed by atoms with van der Waals surface area (Å²) in [5.41, 5.74) is 0. The molecule has 1 rings (SSSR count). The van der Waals surface area contributed by atoms with Gasteiger partial charge in [-0.1, -0.05) is 0 Å². The Labute approximate surface area is 62.8 Å². The summed E-state index contributed by atoms with van der Waals surface area (Å²) in [7, 11) is 2.00. The Morgan fingerprint density at radius 1 is 1.67 bits per heavy atom. The second-order valence-corrected chi connectivity index (χ2v) is 2.33. The zero-order chi connectivity index (χ0) is 5.82. The van der Waals surface area contributed by atoms with Gasteiger partial charge in [-0.05, 0) is 33.0 Å². The maximum Gasteiger partial charge on any atom is 0.00912 e. The van der Waals surface area contributed by atoms with Crippen LogP contribution in [-0.4, -0.2) is 26.2 Å². The third kappa shape index (κ3) is 3.04. The first kappa shape index (κ1) is 9.21. The van der Waals surface area contributed by atoms with Gasteiger partial charge in [0.1, 0.15) is 0 Å². The molecule has 56 valence electrons. The van der Waals surface area contributed by atoms with E-state index in [0.29, 0.717) is 0 Å². The Balaban J connectivity index is 0.000000640. The van der Waals surface area contributed by atoms with E-state index in [1.54, 1.807) is 0 Å². The molecule has 0 bridgehead atoms. The molecule has 0 saturated carbocycles. The second kappa shape index (κ2) is 5.03. The number of nitrogens with one attached hydrogen (secondary N) is 2. The first-order chi connectivity index (χ1) is 3.93. The minimum atomic E-state index is 0. The largest absolute Gasteiger partial charge is 0.320 e. The van der Waals surface area contributed by atoms with E-state index in [9.17, 15) is 0 Å². The third-order valence-electron chi connectivity index (χ3n) is 1.67. The SMILES string of the molecule is CNCCC1CCN1.Cl. The zero-order valence-corrected chi connectivity index (χ0v) is 6.63. The van der Waals surface area contributed by atoms with Crippen LogP contribution in [0.1, 0.15) is 12.8 Å². The fourth-order valence-corrected chi connectivity index (χ4v) is 0.913. The Kier molecular flexibility index (Phi) is 5.15. The average molecular weight is 151 g/mol. The van der Waals surface area contributed by atoms with Crippen LogP contribution in [-0.2, 0) is 0 Å². The molecule has 1 heterocycles. The quantitative estimate of drug-likeness (QED) is 0.608. The lowest BCUT2D eigenvalue weighted by molar-refractivity contribution is 0.348. The van der Waals surface area contributed by atoms with Crippen LogP contribution in [0.25, 0.3) is 0 Å². The molecule has 0 radical (unpaired) electrons. The predicted octanol–water partition coefficient (Wildman–Crippen LogP) is 0.380. The van der Waals surface area contributed by atoms with E-state index >= 15 is 0 Å². The van der Waals surface area contributed by atoms with E-state index in [1.165, 1.54) is 19.4 Å². The van der Waals surface area contributed by atoms with Gasteiger partial charge in [0.05, 0.1) is 0 Å². The van der Waals surface area contributed by atoms with Crippen molar-refractivity contribution in [1.82, 2.24) is 10.6 Å². The molecule has 0 spiro atoms. The lowest BCUT2D eigenvalue weighted by Crippen LogP contribution is -2.44. The first-order valence-electron chi connectivity index (χ1n) is 3.31. The van der Waals surface area contributed by atoms with E-state index in [4.69, 9.17) is 0 Å². The molecule has 9 heavy (non-hydrogen) atoms. The zero-order valence-electron chi connectivity index (χ0n) is 5.81. The normalized spacial score (nSPS) is 24.3. The van der Waals surface area contributed by atoms with Gasteiger partial charge in [-0.15, -0.1) is 12.4 Å². The van der Waals surface area contributed by atoms with E-state index in [-0.39, 0.29) is 12.4 Å². The first-order valence-corrected chi connectivity index (χ1v) is 3.31. The van der Waals surface area contributed by atoms with Crippen LogP contribution in [0.4, 0.5) is 0 Å². The van der Waals surface area contributed by atoms with Gasteiger partial charge in [0.25, 0.3) is 0 Å². The monoisotopic (exact) mass is 150 g/mol. The molecule has 0 aromatic carbocycles. The van der Waals surface area contributed by atoms with E-state index in [0.717, 1.165) is 12.6 Å². The highest BCUT2D eigenvalue weighted by molar-refractivity contribution is 5.85. The second-order valence-electron chi connectivity index (χ2n) is 2.33. The van der Waals surface area contributed by atoms with E-state index in [1.807, 2.05) is 7.05 Å². The summed E-state index contributed by atoms with van der Waals surface area (Å²) >= 11 is 0. The topological polar surface area (TPSA) is 24.1 Å². The molecular formula is C6H15ClN2. The molecule has 0 aromatic heterocycles. The van der Waals surface area contributed by atoms with E-state index in [2.05, 4.69) is 10.6 Å². The Hall–Kier alpha value is 0.210. The molecule has 1 saturated heterocycles. The fraction of sp³-hybridized carbons (Fsp3) is 1.00. The van der Waals surface area contributed by atoms with Crippen LogP contribution in [0.15, 0.2) is 0 Å². The highest BCUT2D eigenvalue weighted by atomic mass is 35.5. The minimum absolute atomic E-state index is 0. The highest BCUT2D eigenvalue weighted by Gasteiger charge is 2.14. The van der Waals surface area contributed by atoms with Crippen LogP contribution < -0.4 is 10.6 Å². The van der Waals surface area contributed by atoms with Crippen LogP contribution >= 0.6 is 12.4 Å². The van der Waals surface area contributed by atoms with Crippen LogP contribution in [0.2, 0.25) is 0 Å². The lowest BCUT2D eigenvalue weighted by Gasteiger charge is -2.27. The maximum atomic E-state index is 3.34. The Morgan fingerprint density at radius 2 is 2.33 bits per heavy atom. The summed E-state index contributed by atoms with van der Waals surface area (Å²) in [6, 6.07) is 0.822. The van der Waals surface area contributed by atoms with Crippen LogP contribution in [0.5, 0.6) is 0 Å². The van der Waals surface area contributed by atoms with Crippen LogP contribution in [0, 0.1) is 0 Å². The minimum Gasteiger partial charge on any atom is -0.320 e. The molecule has 1 atom stereocenters. The van der Waals surface area contributed by atoms with Gasteiger partial charge in [-0.3, -0.25) is 0 Å². The molecule has 2 N–H and O–H groups in total. The third-order valence-corrected chi connectivity index (χ3v) is 1.67. The molecule has 2 nitrogen and oxygen atoms in total. The van der Waals surface area contributed by atoms with Crippen molar-refractivity contribution in [2.45, 2.75) is 18.9 Å².